The number of rotatable bonds is 5. The fraction of sp³-hybridized carbons (Fsp3) is 0.538. The van der Waals surface area contributed by atoms with E-state index in [1.807, 2.05) is 0 Å². The van der Waals surface area contributed by atoms with Gasteiger partial charge in [0.2, 0.25) is 0 Å². The summed E-state index contributed by atoms with van der Waals surface area (Å²) in [6, 6.07) is 7.13. The topological polar surface area (TPSA) is 89.6 Å². The number of methoxy groups -OCH3 is 1. The van der Waals surface area contributed by atoms with Crippen molar-refractivity contribution < 1.29 is 18.3 Å². The predicted octanol–water partition coefficient (Wildman–Crippen LogP) is 0.286. The molecule has 1 aliphatic carbocycles. The smallest absolute Gasteiger partial charge is 0.155 e. The lowest BCUT2D eigenvalue weighted by Gasteiger charge is -2.07. The minimum absolute atomic E-state index is 0.0310. The van der Waals surface area contributed by atoms with Gasteiger partial charge in [0, 0.05) is 11.7 Å². The number of hydrogen-bond donors (Lipinski definition) is 2. The zero-order valence-corrected chi connectivity index (χ0v) is 11.9. The van der Waals surface area contributed by atoms with Crippen molar-refractivity contribution in [2.75, 3.05) is 19.5 Å². The van der Waals surface area contributed by atoms with E-state index in [1.165, 1.54) is 0 Å². The van der Waals surface area contributed by atoms with Gasteiger partial charge in [0.15, 0.2) is 9.84 Å². The van der Waals surface area contributed by atoms with Gasteiger partial charge in [0.1, 0.15) is 5.75 Å². The van der Waals surface area contributed by atoms with Crippen molar-refractivity contribution in [2.24, 2.45) is 5.73 Å². The maximum absolute atomic E-state index is 12.0. The maximum atomic E-state index is 12.0. The molecule has 1 saturated carbocycles. The Kier molecular flexibility index (Phi) is 3.59. The Labute approximate surface area is 113 Å². The Hall–Kier alpha value is -1.11. The van der Waals surface area contributed by atoms with Crippen molar-refractivity contribution in [3.05, 3.63) is 29.8 Å². The number of sulfone groups is 1. The molecule has 0 spiro atoms. The maximum Gasteiger partial charge on any atom is 0.155 e. The van der Waals surface area contributed by atoms with E-state index < -0.39 is 20.6 Å². The van der Waals surface area contributed by atoms with Crippen molar-refractivity contribution in [1.82, 2.24) is 0 Å². The summed E-state index contributed by atoms with van der Waals surface area (Å²) in [6.45, 7) is 1.25. The summed E-state index contributed by atoms with van der Waals surface area (Å²) in [4.78, 5) is 0. The largest absolute Gasteiger partial charge is 0.497 e. The highest BCUT2D eigenvalue weighted by Gasteiger charge is 2.68. The van der Waals surface area contributed by atoms with E-state index in [4.69, 9.17) is 10.5 Å². The summed E-state index contributed by atoms with van der Waals surface area (Å²) >= 11 is 0. The quantitative estimate of drug-likeness (QED) is 0.811. The van der Waals surface area contributed by atoms with E-state index >= 15 is 0 Å². The lowest BCUT2D eigenvalue weighted by atomic mass is 10.1. The number of nitrogens with two attached hydrogens (primary N) is 1. The molecule has 5 nitrogen and oxygen atoms in total. The third-order valence-electron chi connectivity index (χ3n) is 3.84. The summed E-state index contributed by atoms with van der Waals surface area (Å²) in [7, 11) is -1.71. The number of aliphatic hydroxyl groups excluding tert-OH is 1. The first-order chi connectivity index (χ1) is 8.90. The minimum Gasteiger partial charge on any atom is -0.497 e. The fourth-order valence-corrected chi connectivity index (χ4v) is 4.62. The van der Waals surface area contributed by atoms with E-state index in [-0.39, 0.29) is 18.3 Å². The van der Waals surface area contributed by atoms with Crippen LogP contribution in [0.25, 0.3) is 0 Å². The summed E-state index contributed by atoms with van der Waals surface area (Å²) in [5.74, 6) is 0.378. The van der Waals surface area contributed by atoms with E-state index in [0.717, 1.165) is 5.56 Å². The number of aliphatic hydroxyl groups is 1. The standard InChI is InChI=1S/C13H19NO4S/c1-3-19(16,17)12-11(13(12,14)8-15)9-4-6-10(18-2)7-5-9/h4-7,11-12,15H,3,8,14H2,1-2H3/t11-,12+,13+/m0/s1. The van der Waals surface area contributed by atoms with Crippen LogP contribution in [0.3, 0.4) is 0 Å². The molecule has 0 heterocycles. The van der Waals surface area contributed by atoms with Crippen LogP contribution in [0.2, 0.25) is 0 Å². The molecule has 2 rings (SSSR count). The van der Waals surface area contributed by atoms with E-state index in [1.54, 1.807) is 38.3 Å². The summed E-state index contributed by atoms with van der Waals surface area (Å²) < 4.78 is 29.1. The molecular formula is C13H19NO4S. The molecule has 0 amide bonds. The van der Waals surface area contributed by atoms with Crippen LogP contribution < -0.4 is 10.5 Å². The SMILES string of the molecule is CCS(=O)(=O)[C@@H]1[C@H](c2ccc(OC)cc2)[C@]1(N)CO. The molecule has 0 saturated heterocycles. The van der Waals surface area contributed by atoms with E-state index in [0.29, 0.717) is 5.75 Å². The summed E-state index contributed by atoms with van der Waals surface area (Å²) in [6.07, 6.45) is 0. The second-order valence-corrected chi connectivity index (χ2v) is 7.30. The van der Waals surface area contributed by atoms with Crippen LogP contribution in [0.15, 0.2) is 24.3 Å². The Balaban J connectivity index is 2.34. The second-order valence-electron chi connectivity index (χ2n) is 4.89. The first-order valence-electron chi connectivity index (χ1n) is 6.16. The molecule has 19 heavy (non-hydrogen) atoms. The molecule has 0 radical (unpaired) electrons. The third-order valence-corrected chi connectivity index (χ3v) is 6.13. The number of benzene rings is 1. The predicted molar refractivity (Wildman–Crippen MR) is 73.0 cm³/mol. The molecule has 3 N–H and O–H groups in total. The Morgan fingerprint density at radius 3 is 2.37 bits per heavy atom. The molecule has 6 heteroatoms. The monoisotopic (exact) mass is 285 g/mol. The van der Waals surface area contributed by atoms with Gasteiger partial charge in [-0.1, -0.05) is 19.1 Å². The van der Waals surface area contributed by atoms with Gasteiger partial charge in [-0.25, -0.2) is 8.42 Å². The first-order valence-corrected chi connectivity index (χ1v) is 7.87. The molecule has 0 unspecified atom stereocenters. The highest BCUT2D eigenvalue weighted by Crippen LogP contribution is 2.54. The molecule has 106 valence electrons. The second kappa shape index (κ2) is 4.77. The molecule has 0 aliphatic heterocycles. The van der Waals surface area contributed by atoms with E-state index in [2.05, 4.69) is 0 Å². The van der Waals surface area contributed by atoms with Gasteiger partial charge in [-0.2, -0.15) is 0 Å². The van der Waals surface area contributed by atoms with Crippen LogP contribution in [0, 0.1) is 0 Å². The molecular weight excluding hydrogens is 266 g/mol. The Morgan fingerprint density at radius 2 is 1.95 bits per heavy atom. The molecule has 1 aromatic carbocycles. The lowest BCUT2D eigenvalue weighted by molar-refractivity contribution is 0.253. The average Bonchev–Trinajstić information content (AvgIpc) is 3.07. The number of hydrogen-bond acceptors (Lipinski definition) is 5. The minimum atomic E-state index is -3.27. The van der Waals surface area contributed by atoms with Gasteiger partial charge in [-0.15, -0.1) is 0 Å². The Bertz CT molecular complexity index is 555. The van der Waals surface area contributed by atoms with Gasteiger partial charge in [0.25, 0.3) is 0 Å². The van der Waals surface area contributed by atoms with Gasteiger partial charge >= 0.3 is 0 Å². The van der Waals surface area contributed by atoms with Gasteiger partial charge < -0.3 is 15.6 Å². The molecule has 0 aromatic heterocycles. The normalized spacial score (nSPS) is 30.1. The molecule has 1 aromatic rings. The average molecular weight is 285 g/mol. The van der Waals surface area contributed by atoms with Crippen molar-refractivity contribution in [2.45, 2.75) is 23.6 Å². The van der Waals surface area contributed by atoms with Gasteiger partial charge in [-0.05, 0) is 17.7 Å². The lowest BCUT2D eigenvalue weighted by Crippen LogP contribution is -2.35. The van der Waals surface area contributed by atoms with Crippen molar-refractivity contribution in [3.8, 4) is 5.75 Å². The summed E-state index contributed by atoms with van der Waals surface area (Å²) in [5, 5.41) is 8.71. The molecule has 1 aliphatic rings. The van der Waals surface area contributed by atoms with Crippen LogP contribution in [0.1, 0.15) is 18.4 Å². The van der Waals surface area contributed by atoms with Gasteiger partial charge in [-0.3, -0.25) is 0 Å². The molecule has 0 bridgehead atoms. The third kappa shape index (κ3) is 2.24. The van der Waals surface area contributed by atoms with Crippen molar-refractivity contribution in [3.63, 3.8) is 0 Å². The first kappa shape index (κ1) is 14.3. The number of ether oxygens (including phenoxy) is 1. The highest BCUT2D eigenvalue weighted by atomic mass is 32.2. The van der Waals surface area contributed by atoms with Crippen LogP contribution in [0.4, 0.5) is 0 Å². The van der Waals surface area contributed by atoms with Crippen LogP contribution >= 0.6 is 0 Å². The zero-order valence-electron chi connectivity index (χ0n) is 11.0. The highest BCUT2D eigenvalue weighted by molar-refractivity contribution is 7.92. The molecule has 3 atom stereocenters. The van der Waals surface area contributed by atoms with Crippen molar-refractivity contribution in [1.29, 1.82) is 0 Å². The van der Waals surface area contributed by atoms with Crippen molar-refractivity contribution >= 4 is 9.84 Å². The fourth-order valence-electron chi connectivity index (χ4n) is 2.63. The zero-order chi connectivity index (χ0) is 14.3. The van der Waals surface area contributed by atoms with Crippen LogP contribution in [0.5, 0.6) is 5.75 Å². The Morgan fingerprint density at radius 1 is 1.37 bits per heavy atom. The summed E-state index contributed by atoms with van der Waals surface area (Å²) in [5.41, 5.74) is 5.79. The van der Waals surface area contributed by atoms with Crippen LogP contribution in [-0.2, 0) is 9.84 Å². The van der Waals surface area contributed by atoms with Gasteiger partial charge in [0.05, 0.1) is 24.5 Å². The van der Waals surface area contributed by atoms with Crippen LogP contribution in [-0.4, -0.2) is 43.8 Å². The van der Waals surface area contributed by atoms with E-state index in [9.17, 15) is 13.5 Å². The molecule has 1 fully saturated rings.